The van der Waals surface area contributed by atoms with E-state index >= 15 is 0 Å². The summed E-state index contributed by atoms with van der Waals surface area (Å²) in [6, 6.07) is 7.64. The number of benzene rings is 2. The number of rotatable bonds is 4. The van der Waals surface area contributed by atoms with Crippen LogP contribution >= 0.6 is 0 Å². The lowest BCUT2D eigenvalue weighted by atomic mass is 9.92. The first kappa shape index (κ1) is 18.7. The largest absolute Gasteiger partial charge is 0.493 e. The Balaban J connectivity index is 2.21. The van der Waals surface area contributed by atoms with E-state index in [1.54, 1.807) is 28.1 Å². The predicted molar refractivity (Wildman–Crippen MR) is 104 cm³/mol. The summed E-state index contributed by atoms with van der Waals surface area (Å²) in [5.74, 6) is 1.29. The number of methoxy groups -OCH3 is 2. The summed E-state index contributed by atoms with van der Waals surface area (Å²) in [6.07, 6.45) is 0.771. The third-order valence-electron chi connectivity index (χ3n) is 4.73. The van der Waals surface area contributed by atoms with Crippen molar-refractivity contribution in [2.75, 3.05) is 14.2 Å². The Morgan fingerprint density at radius 3 is 2.26 bits per heavy atom. The summed E-state index contributed by atoms with van der Waals surface area (Å²) in [4.78, 5) is 11.0. The van der Waals surface area contributed by atoms with Gasteiger partial charge in [-0.15, -0.1) is 0 Å². The van der Waals surface area contributed by atoms with Crippen molar-refractivity contribution >= 4 is 11.4 Å². The Hall–Kier alpha value is -3.09. The molecule has 0 unspecified atom stereocenters. The second kappa shape index (κ2) is 7.26. The second-order valence-electron chi connectivity index (χ2n) is 6.77. The lowest BCUT2D eigenvalue weighted by Gasteiger charge is -2.15. The molecule has 0 aromatic heterocycles. The number of aryl methyl sites for hydroxylation is 2. The van der Waals surface area contributed by atoms with E-state index in [0.717, 1.165) is 28.8 Å². The first-order valence-corrected chi connectivity index (χ1v) is 8.70. The highest BCUT2D eigenvalue weighted by Crippen LogP contribution is 2.34. The normalized spacial score (nSPS) is 15.9. The maximum absolute atomic E-state index is 11.3. The van der Waals surface area contributed by atoms with Gasteiger partial charge < -0.3 is 14.9 Å². The number of nitro benzene ring substituents is 1. The molecule has 1 aliphatic rings. The zero-order valence-corrected chi connectivity index (χ0v) is 16.1. The summed E-state index contributed by atoms with van der Waals surface area (Å²) in [5.41, 5.74) is 8.09. The minimum Gasteiger partial charge on any atom is -0.493 e. The van der Waals surface area contributed by atoms with Crippen molar-refractivity contribution in [2.45, 2.75) is 33.2 Å². The summed E-state index contributed by atoms with van der Waals surface area (Å²) in [5, 5.41) is 15.9. The number of nitro groups is 1. The van der Waals surface area contributed by atoms with Crippen LogP contribution in [0.4, 0.5) is 5.69 Å². The number of hydrazone groups is 1. The molecule has 1 aliphatic heterocycles. The Labute approximate surface area is 158 Å². The minimum absolute atomic E-state index is 0.139. The van der Waals surface area contributed by atoms with Crippen molar-refractivity contribution in [2.24, 2.45) is 5.10 Å². The molecule has 142 valence electrons. The molecule has 2 aromatic rings. The third-order valence-corrected chi connectivity index (χ3v) is 4.73. The predicted octanol–water partition coefficient (Wildman–Crippen LogP) is 3.52. The van der Waals surface area contributed by atoms with Gasteiger partial charge in [-0.05, 0) is 57.0 Å². The summed E-state index contributed by atoms with van der Waals surface area (Å²) in [6.45, 7) is 5.55. The van der Waals surface area contributed by atoms with Crippen molar-refractivity contribution < 1.29 is 14.4 Å². The highest BCUT2D eigenvalue weighted by Gasteiger charge is 2.24. The summed E-state index contributed by atoms with van der Waals surface area (Å²) in [7, 11) is 3.21. The number of nitrogens with one attached hydrogen (secondary N) is 1. The Morgan fingerprint density at radius 1 is 1.11 bits per heavy atom. The standard InChI is InChI=1S/C20H23N3O4/c1-11-6-15(7-12(2)20(11)23(24)25)19-16-10-18(27-5)17(26-4)9-14(16)8-13(3)21-22-19/h6-7,9-10,13,21H,8H2,1-5H3/t13-/m1/s1. The molecule has 0 spiro atoms. The van der Waals surface area contributed by atoms with E-state index in [9.17, 15) is 10.1 Å². The van der Waals surface area contributed by atoms with Crippen LogP contribution in [0.2, 0.25) is 0 Å². The number of hydrogen-bond acceptors (Lipinski definition) is 6. The van der Waals surface area contributed by atoms with Gasteiger partial charge in [-0.25, -0.2) is 0 Å². The summed E-state index contributed by atoms with van der Waals surface area (Å²) >= 11 is 0. The Bertz CT molecular complexity index is 914. The lowest BCUT2D eigenvalue weighted by molar-refractivity contribution is -0.386. The molecule has 1 atom stereocenters. The molecule has 0 amide bonds. The van der Waals surface area contributed by atoms with E-state index in [1.165, 1.54) is 0 Å². The third kappa shape index (κ3) is 3.45. The van der Waals surface area contributed by atoms with Gasteiger partial charge in [0.2, 0.25) is 0 Å². The van der Waals surface area contributed by atoms with E-state index in [-0.39, 0.29) is 16.7 Å². The molecule has 1 N–H and O–H groups in total. The first-order chi connectivity index (χ1) is 12.8. The van der Waals surface area contributed by atoms with Gasteiger partial charge in [-0.1, -0.05) is 0 Å². The van der Waals surface area contributed by atoms with Crippen LogP contribution in [0.3, 0.4) is 0 Å². The molecule has 1 heterocycles. The fourth-order valence-corrected chi connectivity index (χ4v) is 3.52. The molecule has 2 aromatic carbocycles. The molecule has 7 nitrogen and oxygen atoms in total. The van der Waals surface area contributed by atoms with Gasteiger partial charge in [0.25, 0.3) is 5.69 Å². The van der Waals surface area contributed by atoms with Gasteiger partial charge in [0.15, 0.2) is 11.5 Å². The van der Waals surface area contributed by atoms with E-state index in [4.69, 9.17) is 9.47 Å². The van der Waals surface area contributed by atoms with Crippen molar-refractivity contribution in [3.05, 3.63) is 62.2 Å². The molecule has 0 bridgehead atoms. The molecule has 0 aliphatic carbocycles. The van der Waals surface area contributed by atoms with Gasteiger partial charge in [-0.2, -0.15) is 5.10 Å². The van der Waals surface area contributed by atoms with Gasteiger partial charge in [0.1, 0.15) is 0 Å². The number of ether oxygens (including phenoxy) is 2. The van der Waals surface area contributed by atoms with Crippen molar-refractivity contribution in [1.29, 1.82) is 0 Å². The van der Waals surface area contributed by atoms with E-state index < -0.39 is 0 Å². The molecule has 3 rings (SSSR count). The molecule has 7 heteroatoms. The molecule has 27 heavy (non-hydrogen) atoms. The lowest BCUT2D eigenvalue weighted by Crippen LogP contribution is -2.22. The van der Waals surface area contributed by atoms with Gasteiger partial charge in [0, 0.05) is 28.3 Å². The Morgan fingerprint density at radius 2 is 1.70 bits per heavy atom. The van der Waals surface area contributed by atoms with E-state index in [2.05, 4.69) is 17.5 Å². The van der Waals surface area contributed by atoms with Crippen LogP contribution < -0.4 is 14.9 Å². The van der Waals surface area contributed by atoms with Gasteiger partial charge in [-0.3, -0.25) is 10.1 Å². The Kier molecular flexibility index (Phi) is 5.03. The number of hydrogen-bond donors (Lipinski definition) is 1. The highest BCUT2D eigenvalue weighted by molar-refractivity contribution is 6.14. The molecular formula is C20H23N3O4. The van der Waals surface area contributed by atoms with Gasteiger partial charge in [0.05, 0.1) is 24.9 Å². The van der Waals surface area contributed by atoms with Crippen LogP contribution in [-0.4, -0.2) is 30.9 Å². The fraction of sp³-hybridized carbons (Fsp3) is 0.350. The molecule has 0 saturated heterocycles. The maximum atomic E-state index is 11.3. The zero-order chi connectivity index (χ0) is 19.7. The molecule has 0 fully saturated rings. The van der Waals surface area contributed by atoms with Crippen LogP contribution in [0, 0.1) is 24.0 Å². The molecule has 0 radical (unpaired) electrons. The van der Waals surface area contributed by atoms with Crippen LogP contribution in [0.1, 0.15) is 34.7 Å². The second-order valence-corrected chi connectivity index (χ2v) is 6.77. The first-order valence-electron chi connectivity index (χ1n) is 8.70. The quantitative estimate of drug-likeness (QED) is 0.658. The highest BCUT2D eigenvalue weighted by atomic mass is 16.6. The SMILES string of the molecule is COc1cc2c(cc1OC)C(c1cc(C)c([N+](=O)[O-])c(C)c1)=NN[C@H](C)C2. The van der Waals surface area contributed by atoms with Crippen molar-refractivity contribution in [1.82, 2.24) is 5.43 Å². The minimum atomic E-state index is -0.342. The molecular weight excluding hydrogens is 346 g/mol. The van der Waals surface area contributed by atoms with Crippen LogP contribution in [0.25, 0.3) is 0 Å². The van der Waals surface area contributed by atoms with Crippen LogP contribution in [0.15, 0.2) is 29.4 Å². The van der Waals surface area contributed by atoms with Crippen molar-refractivity contribution in [3.8, 4) is 11.5 Å². The van der Waals surface area contributed by atoms with Crippen LogP contribution in [-0.2, 0) is 6.42 Å². The topological polar surface area (TPSA) is 86.0 Å². The average molecular weight is 369 g/mol. The monoisotopic (exact) mass is 369 g/mol. The zero-order valence-electron chi connectivity index (χ0n) is 16.1. The van der Waals surface area contributed by atoms with Crippen LogP contribution in [0.5, 0.6) is 11.5 Å². The molecule has 0 saturated carbocycles. The fourth-order valence-electron chi connectivity index (χ4n) is 3.52. The van der Waals surface area contributed by atoms with Gasteiger partial charge >= 0.3 is 0 Å². The smallest absolute Gasteiger partial charge is 0.275 e. The summed E-state index contributed by atoms with van der Waals surface area (Å²) < 4.78 is 10.9. The van der Waals surface area contributed by atoms with Crippen molar-refractivity contribution in [3.63, 3.8) is 0 Å². The number of fused-ring (bicyclic) bond motifs is 1. The van der Waals surface area contributed by atoms with E-state index in [0.29, 0.717) is 22.6 Å². The number of nitrogens with zero attached hydrogens (tertiary/aromatic N) is 2. The van der Waals surface area contributed by atoms with E-state index in [1.807, 2.05) is 24.3 Å². The average Bonchev–Trinajstić information content (AvgIpc) is 2.77. The maximum Gasteiger partial charge on any atom is 0.275 e.